The van der Waals surface area contributed by atoms with Gasteiger partial charge in [0.05, 0.1) is 29.2 Å². The van der Waals surface area contributed by atoms with E-state index in [1.807, 2.05) is 0 Å². The predicted octanol–water partition coefficient (Wildman–Crippen LogP) is 3.83. The van der Waals surface area contributed by atoms with Crippen LogP contribution in [0, 0.1) is 10.1 Å². The number of ether oxygens (including phenoxy) is 2. The van der Waals surface area contributed by atoms with Crippen LogP contribution in [-0.4, -0.2) is 27.9 Å². The van der Waals surface area contributed by atoms with E-state index in [0.29, 0.717) is 38.0 Å². The first-order valence-corrected chi connectivity index (χ1v) is 10.7. The predicted molar refractivity (Wildman–Crippen MR) is 130 cm³/mol. The quantitative estimate of drug-likeness (QED) is 0.222. The average Bonchev–Trinajstić information content (AvgIpc) is 2.83. The SMILES string of the molecule is COc1cc(Br)cc(C=Nn2c(=O)[nH]c3ccccc3c2=O)c1OCc1ccc([N+](=O)[O-])cc1. The lowest BCUT2D eigenvalue weighted by Crippen LogP contribution is -2.32. The summed E-state index contributed by atoms with van der Waals surface area (Å²) in [5.74, 6) is 0.704. The molecule has 0 bridgehead atoms. The Hall–Kier alpha value is -4.25. The lowest BCUT2D eigenvalue weighted by molar-refractivity contribution is -0.384. The Morgan fingerprint density at radius 3 is 2.59 bits per heavy atom. The molecule has 0 radical (unpaired) electrons. The third-order valence-electron chi connectivity index (χ3n) is 4.89. The number of methoxy groups -OCH3 is 1. The number of non-ortho nitro benzene ring substituents is 1. The van der Waals surface area contributed by atoms with E-state index in [9.17, 15) is 19.7 Å². The molecule has 0 aliphatic carbocycles. The molecule has 4 aromatic rings. The number of hydrogen-bond donors (Lipinski definition) is 1. The van der Waals surface area contributed by atoms with E-state index in [1.54, 1.807) is 48.5 Å². The molecule has 10 nitrogen and oxygen atoms in total. The van der Waals surface area contributed by atoms with E-state index in [-0.39, 0.29) is 12.3 Å². The molecule has 0 saturated carbocycles. The maximum atomic E-state index is 12.7. The van der Waals surface area contributed by atoms with Gasteiger partial charge in [-0.2, -0.15) is 5.10 Å². The zero-order chi connectivity index (χ0) is 24.2. The highest BCUT2D eigenvalue weighted by Crippen LogP contribution is 2.34. The van der Waals surface area contributed by atoms with Crippen LogP contribution in [0.1, 0.15) is 11.1 Å². The molecular formula is C23H17BrN4O6. The first-order chi connectivity index (χ1) is 16.4. The van der Waals surface area contributed by atoms with Gasteiger partial charge in [0.25, 0.3) is 11.2 Å². The highest BCUT2D eigenvalue weighted by atomic mass is 79.9. The first-order valence-electron chi connectivity index (χ1n) is 9.89. The third-order valence-corrected chi connectivity index (χ3v) is 5.35. The smallest absolute Gasteiger partial charge is 0.349 e. The number of benzene rings is 3. The molecule has 1 N–H and O–H groups in total. The number of halogens is 1. The fourth-order valence-electron chi connectivity index (χ4n) is 3.24. The molecule has 0 aliphatic rings. The van der Waals surface area contributed by atoms with Crippen molar-refractivity contribution in [2.24, 2.45) is 5.10 Å². The van der Waals surface area contributed by atoms with Crippen LogP contribution in [0.5, 0.6) is 11.5 Å². The Morgan fingerprint density at radius 1 is 1.15 bits per heavy atom. The minimum absolute atomic E-state index is 0.0242. The first kappa shape index (κ1) is 22.9. The van der Waals surface area contributed by atoms with Crippen molar-refractivity contribution in [3.05, 3.63) is 107 Å². The molecule has 0 spiro atoms. The fraction of sp³-hybridized carbons (Fsp3) is 0.0870. The third kappa shape index (κ3) is 4.74. The minimum atomic E-state index is -0.685. The number of fused-ring (bicyclic) bond motifs is 1. The van der Waals surface area contributed by atoms with E-state index >= 15 is 0 Å². The summed E-state index contributed by atoms with van der Waals surface area (Å²) in [5.41, 5.74) is 0.276. The Bertz CT molecular complexity index is 1530. The van der Waals surface area contributed by atoms with Crippen LogP contribution in [0.25, 0.3) is 10.9 Å². The Kier molecular flexibility index (Phi) is 6.55. The number of nitro groups is 1. The van der Waals surface area contributed by atoms with Crippen LogP contribution in [0.3, 0.4) is 0 Å². The summed E-state index contributed by atoms with van der Waals surface area (Å²) in [6.07, 6.45) is 1.32. The second kappa shape index (κ2) is 9.71. The fourth-order valence-corrected chi connectivity index (χ4v) is 3.69. The van der Waals surface area contributed by atoms with Gasteiger partial charge in [0.1, 0.15) is 6.61 Å². The summed E-state index contributed by atoms with van der Waals surface area (Å²) in [6.45, 7) is 0.0906. The van der Waals surface area contributed by atoms with Gasteiger partial charge < -0.3 is 14.5 Å². The minimum Gasteiger partial charge on any atom is -0.493 e. The number of nitrogens with zero attached hydrogens (tertiary/aromatic N) is 3. The maximum Gasteiger partial charge on any atom is 0.349 e. The second-order valence-corrected chi connectivity index (χ2v) is 7.99. The normalized spacial score (nSPS) is 11.1. The van der Waals surface area contributed by atoms with Crippen molar-refractivity contribution in [1.82, 2.24) is 9.66 Å². The van der Waals surface area contributed by atoms with Crippen molar-refractivity contribution in [3.8, 4) is 11.5 Å². The average molecular weight is 525 g/mol. The monoisotopic (exact) mass is 524 g/mol. The van der Waals surface area contributed by atoms with Gasteiger partial charge >= 0.3 is 5.69 Å². The molecule has 4 rings (SSSR count). The van der Waals surface area contributed by atoms with Crippen molar-refractivity contribution in [3.63, 3.8) is 0 Å². The summed E-state index contributed by atoms with van der Waals surface area (Å²) in [5, 5.41) is 15.3. The van der Waals surface area contributed by atoms with Gasteiger partial charge in [0.2, 0.25) is 0 Å². The van der Waals surface area contributed by atoms with Gasteiger partial charge in [-0.25, -0.2) is 4.79 Å². The van der Waals surface area contributed by atoms with Gasteiger partial charge in [-0.1, -0.05) is 28.1 Å². The van der Waals surface area contributed by atoms with Crippen molar-refractivity contribution in [2.45, 2.75) is 6.61 Å². The van der Waals surface area contributed by atoms with Gasteiger partial charge in [-0.3, -0.25) is 14.9 Å². The highest BCUT2D eigenvalue weighted by Gasteiger charge is 2.14. The topological polar surface area (TPSA) is 129 Å². The van der Waals surface area contributed by atoms with E-state index in [4.69, 9.17) is 9.47 Å². The zero-order valence-electron chi connectivity index (χ0n) is 17.7. The summed E-state index contributed by atoms with van der Waals surface area (Å²) < 4.78 is 12.8. The summed E-state index contributed by atoms with van der Waals surface area (Å²) in [6, 6.07) is 16.0. The number of nitro benzene ring substituents is 1. The molecule has 0 fully saturated rings. The van der Waals surface area contributed by atoms with Gasteiger partial charge in [-0.15, -0.1) is 4.68 Å². The van der Waals surface area contributed by atoms with Crippen LogP contribution in [-0.2, 0) is 6.61 Å². The summed E-state index contributed by atoms with van der Waals surface area (Å²) in [7, 11) is 1.47. The van der Waals surface area contributed by atoms with E-state index < -0.39 is 16.2 Å². The molecule has 0 atom stereocenters. The van der Waals surface area contributed by atoms with Crippen molar-refractivity contribution in [1.29, 1.82) is 0 Å². The number of para-hydroxylation sites is 1. The molecule has 3 aromatic carbocycles. The molecular weight excluding hydrogens is 508 g/mol. The number of rotatable bonds is 7. The standard InChI is InChI=1S/C23H17BrN4O6/c1-33-20-11-16(24)10-15(21(20)34-13-14-6-8-17(9-7-14)28(31)32)12-25-27-22(29)18-4-2-3-5-19(18)26-23(27)30/h2-12H,13H2,1H3,(H,26,30). The molecule has 0 amide bonds. The van der Waals surface area contributed by atoms with Crippen molar-refractivity contribution in [2.75, 3.05) is 7.11 Å². The molecule has 0 unspecified atom stereocenters. The molecule has 11 heteroatoms. The van der Waals surface area contributed by atoms with Gasteiger partial charge in [0, 0.05) is 22.2 Å². The summed E-state index contributed by atoms with van der Waals surface area (Å²) >= 11 is 3.40. The van der Waals surface area contributed by atoms with E-state index in [2.05, 4.69) is 26.0 Å². The lowest BCUT2D eigenvalue weighted by atomic mass is 10.2. The number of aromatic amines is 1. The molecule has 34 heavy (non-hydrogen) atoms. The maximum absolute atomic E-state index is 12.7. The molecule has 0 saturated heterocycles. The van der Waals surface area contributed by atoms with Crippen molar-refractivity contribution >= 4 is 38.7 Å². The molecule has 1 heterocycles. The van der Waals surface area contributed by atoms with E-state index in [1.165, 1.54) is 25.5 Å². The zero-order valence-corrected chi connectivity index (χ0v) is 19.3. The highest BCUT2D eigenvalue weighted by molar-refractivity contribution is 9.10. The number of nitrogens with one attached hydrogen (secondary N) is 1. The lowest BCUT2D eigenvalue weighted by Gasteiger charge is -2.14. The largest absolute Gasteiger partial charge is 0.493 e. The van der Waals surface area contributed by atoms with Crippen molar-refractivity contribution < 1.29 is 14.4 Å². The summed E-state index contributed by atoms with van der Waals surface area (Å²) in [4.78, 5) is 38.2. The van der Waals surface area contributed by atoms with Gasteiger partial charge in [-0.05, 0) is 42.0 Å². The molecule has 0 aliphatic heterocycles. The Labute approximate surface area is 200 Å². The van der Waals surface area contributed by atoms with Crippen LogP contribution in [0.15, 0.2) is 79.8 Å². The second-order valence-electron chi connectivity index (χ2n) is 7.08. The van der Waals surface area contributed by atoms with Crippen LogP contribution in [0.2, 0.25) is 0 Å². The van der Waals surface area contributed by atoms with Crippen LogP contribution in [0.4, 0.5) is 5.69 Å². The Balaban J connectivity index is 1.70. The van der Waals surface area contributed by atoms with Crippen LogP contribution >= 0.6 is 15.9 Å². The number of aromatic nitrogens is 2. The molecule has 172 valence electrons. The van der Waals surface area contributed by atoms with Gasteiger partial charge in [0.15, 0.2) is 11.5 Å². The Morgan fingerprint density at radius 2 is 1.88 bits per heavy atom. The van der Waals surface area contributed by atoms with Crippen LogP contribution < -0.4 is 20.7 Å². The molecule has 1 aromatic heterocycles. The van der Waals surface area contributed by atoms with E-state index in [0.717, 1.165) is 4.68 Å². The number of hydrogen-bond acceptors (Lipinski definition) is 7. The number of H-pyrrole nitrogens is 1.